The van der Waals surface area contributed by atoms with Crippen LogP contribution < -0.4 is 26.2 Å². The highest BCUT2D eigenvalue weighted by molar-refractivity contribution is 7.00. The minimum absolute atomic E-state index is 0.00436. The van der Waals surface area contributed by atoms with Gasteiger partial charge in [0.05, 0.1) is 11.4 Å². The predicted octanol–water partition coefficient (Wildman–Crippen LogP) is 30.9. The van der Waals surface area contributed by atoms with E-state index in [9.17, 15) is 0 Å². The molecule has 9 aromatic rings. The monoisotopic (exact) mass is 1580 g/mol. The molecule has 3 heteroatoms. The van der Waals surface area contributed by atoms with Crippen LogP contribution in [0.25, 0.3) is 55.7 Å². The molecule has 0 spiro atoms. The van der Waals surface area contributed by atoms with Crippen LogP contribution in [-0.2, 0) is 5.41 Å². The summed E-state index contributed by atoms with van der Waals surface area (Å²) in [5.41, 5.74) is 46.1. The van der Waals surface area contributed by atoms with E-state index in [-0.39, 0.29) is 33.8 Å². The zero-order valence-corrected chi connectivity index (χ0v) is 74.7. The summed E-state index contributed by atoms with van der Waals surface area (Å²) in [6.45, 7) is 36.6. The zero-order chi connectivity index (χ0) is 83.1. The molecule has 10 aliphatic carbocycles. The first-order chi connectivity index (χ1) is 58.1. The number of nitrogens with zero attached hydrogens (tertiary/aromatic N) is 2. The SMILES string of the molecule is CC(C)(C)C1=CC2=CC(c3ccc4c(c3)N(c3c(-c5ccccc5)cc(C5CCCCC5)cc3-c3ccccc3)c3cc(C(C)(C)C)cc5c3B4c3ccc(C4=C6C=C(C(C)(C)C)CC7CCC8=CC(C(C)(C)C)=CC(=C4)C8C67)cc3N5c3c(-c4ccccc4)cc(C4CCCCC4)cc3-c3ccccc3)=C3C=C(C(C)(C)C)CC4C=CC(=C1)C2C34. The lowest BCUT2D eigenvalue weighted by Gasteiger charge is -2.50. The molecule has 608 valence electrons. The highest BCUT2D eigenvalue weighted by Crippen LogP contribution is 2.63. The van der Waals surface area contributed by atoms with Crippen molar-refractivity contribution in [2.45, 2.75) is 211 Å². The highest BCUT2D eigenvalue weighted by atomic mass is 15.2. The molecule has 3 fully saturated rings. The fourth-order valence-corrected chi connectivity index (χ4v) is 24.1. The van der Waals surface area contributed by atoms with E-state index < -0.39 is 0 Å². The molecule has 9 aromatic carbocycles. The van der Waals surface area contributed by atoms with Gasteiger partial charge in [0.25, 0.3) is 6.71 Å². The molecule has 6 atom stereocenters. The van der Waals surface area contributed by atoms with E-state index in [0.717, 1.165) is 12.8 Å². The molecule has 0 aromatic heterocycles. The summed E-state index contributed by atoms with van der Waals surface area (Å²) in [4.78, 5) is 5.78. The predicted molar refractivity (Wildman–Crippen MR) is 517 cm³/mol. The molecular formula is C118H123BN2. The van der Waals surface area contributed by atoms with Crippen LogP contribution in [0.3, 0.4) is 0 Å². The van der Waals surface area contributed by atoms with Crippen molar-refractivity contribution in [3.05, 3.63) is 338 Å². The Morgan fingerprint density at radius 2 is 0.760 bits per heavy atom. The van der Waals surface area contributed by atoms with Crippen LogP contribution >= 0.6 is 0 Å². The maximum atomic E-state index is 2.89. The molecule has 12 aliphatic rings. The number of fused-ring (bicyclic) bond motifs is 4. The molecule has 0 amide bonds. The van der Waals surface area contributed by atoms with Gasteiger partial charge < -0.3 is 9.80 Å². The molecule has 2 nitrogen and oxygen atoms in total. The van der Waals surface area contributed by atoms with Gasteiger partial charge in [0.1, 0.15) is 0 Å². The smallest absolute Gasteiger partial charge is 0.252 e. The fraction of sp³-hybridized carbons (Fsp3) is 0.356. The summed E-state index contributed by atoms with van der Waals surface area (Å²) in [6.07, 6.45) is 43.6. The Kier molecular flexibility index (Phi) is 18.9. The molecule has 2 aliphatic heterocycles. The Hall–Kier alpha value is -10.2. The first-order valence-corrected chi connectivity index (χ1v) is 46.7. The van der Waals surface area contributed by atoms with Gasteiger partial charge in [-0.05, 0) is 273 Å². The van der Waals surface area contributed by atoms with E-state index in [1.54, 1.807) is 22.3 Å². The third-order valence-electron chi connectivity index (χ3n) is 30.8. The maximum absolute atomic E-state index is 2.89. The molecule has 121 heavy (non-hydrogen) atoms. The Bertz CT molecular complexity index is 5980. The van der Waals surface area contributed by atoms with Crippen molar-refractivity contribution in [1.29, 1.82) is 0 Å². The Morgan fingerprint density at radius 3 is 1.19 bits per heavy atom. The molecule has 21 rings (SSSR count). The van der Waals surface area contributed by atoms with Crippen LogP contribution in [0.15, 0.2) is 311 Å². The summed E-state index contributed by atoms with van der Waals surface area (Å²) in [7, 11) is 0. The number of benzene rings is 9. The topological polar surface area (TPSA) is 6.48 Å². The first-order valence-electron chi connectivity index (χ1n) is 46.7. The van der Waals surface area contributed by atoms with E-state index in [1.165, 1.54) is 244 Å². The van der Waals surface area contributed by atoms with Gasteiger partial charge in [-0.25, -0.2) is 0 Å². The first kappa shape index (κ1) is 78.1. The molecule has 0 saturated heterocycles. The van der Waals surface area contributed by atoms with Gasteiger partial charge in [-0.2, -0.15) is 0 Å². The number of anilines is 6. The second-order valence-corrected chi connectivity index (χ2v) is 43.6. The highest BCUT2D eigenvalue weighted by Gasteiger charge is 2.52. The number of allylic oxidation sites excluding steroid dienone is 22. The lowest BCUT2D eigenvalue weighted by atomic mass is 9.33. The van der Waals surface area contributed by atoms with Crippen LogP contribution in [0.2, 0.25) is 0 Å². The lowest BCUT2D eigenvalue weighted by Crippen LogP contribution is -2.61. The van der Waals surface area contributed by atoms with Gasteiger partial charge in [-0.3, -0.25) is 0 Å². The van der Waals surface area contributed by atoms with Crippen LogP contribution in [0.4, 0.5) is 34.1 Å². The minimum atomic E-state index is -0.306. The third kappa shape index (κ3) is 13.5. The second-order valence-electron chi connectivity index (χ2n) is 43.6. The van der Waals surface area contributed by atoms with E-state index in [0.29, 0.717) is 47.3 Å². The standard InChI is InChI=1S/C118H123BN2/c1-114(2,3)88-54-80-46-48-82-56-90(116(7,8)9)68-99-93(64-86(58-88)107(80)109(82)99)78-50-52-101-103(66-78)120(112-95(74-38-26-18-27-39-74)60-84(72-34-22-16-23-35-72)61-96(112)75-40-28-19-29-41-75)105-70-92(118(13,14)15)71-106-111(105)119(101)102-53-51-79(94-65-87-59-89(115(4,5)6)55-81-47-49-83-57-91(117(10,11)12)69-100(94)110(83)108(81)87)67-104(102)121(106)113-97(76-42-30-20-31-43-76)62-85(73-36-24-17-25-37-73)63-98(113)77-44-32-21-33-45-77/h18-21,26-33,38-46,48,50-55,58-73,82-83,107-110H,16-17,22-25,34-37,47,49,56-57H2,1-15H3. The zero-order valence-electron chi connectivity index (χ0n) is 74.7. The van der Waals surface area contributed by atoms with Crippen LogP contribution in [0, 0.1) is 57.2 Å². The number of hydrogen-bond acceptors (Lipinski definition) is 2. The molecule has 0 N–H and O–H groups in total. The van der Waals surface area contributed by atoms with Crippen molar-refractivity contribution in [3.8, 4) is 44.5 Å². The quantitative estimate of drug-likeness (QED) is 0.126. The van der Waals surface area contributed by atoms with E-state index in [2.05, 4.69) is 369 Å². The molecule has 0 bridgehead atoms. The summed E-state index contributed by atoms with van der Waals surface area (Å²) in [6, 6.07) is 78.7. The van der Waals surface area contributed by atoms with Gasteiger partial charge in [0.15, 0.2) is 0 Å². The number of rotatable bonds is 10. The van der Waals surface area contributed by atoms with Crippen molar-refractivity contribution in [2.75, 3.05) is 9.80 Å². The Morgan fingerprint density at radius 1 is 0.339 bits per heavy atom. The van der Waals surface area contributed by atoms with Crippen molar-refractivity contribution < 1.29 is 0 Å². The summed E-state index contributed by atoms with van der Waals surface area (Å²) >= 11 is 0. The van der Waals surface area contributed by atoms with Crippen molar-refractivity contribution in [1.82, 2.24) is 0 Å². The van der Waals surface area contributed by atoms with E-state index >= 15 is 0 Å². The molecule has 6 unspecified atom stereocenters. The normalized spacial score (nSPS) is 22.6. The molecule has 0 radical (unpaired) electrons. The number of hydrogen-bond donors (Lipinski definition) is 0. The minimum Gasteiger partial charge on any atom is -0.310 e. The fourth-order valence-electron chi connectivity index (χ4n) is 24.1. The van der Waals surface area contributed by atoms with Gasteiger partial charge in [0.2, 0.25) is 0 Å². The van der Waals surface area contributed by atoms with Gasteiger partial charge >= 0.3 is 0 Å². The molecule has 2 heterocycles. The summed E-state index contributed by atoms with van der Waals surface area (Å²) in [5.74, 6) is 3.26. The molecular weight excluding hydrogens is 1460 g/mol. The third-order valence-corrected chi connectivity index (χ3v) is 30.8. The largest absolute Gasteiger partial charge is 0.310 e. The maximum Gasteiger partial charge on any atom is 0.252 e. The Labute approximate surface area is 724 Å². The average Bonchev–Trinajstić information content (AvgIpc) is 0.682. The van der Waals surface area contributed by atoms with Crippen molar-refractivity contribution in [3.63, 3.8) is 0 Å². The van der Waals surface area contributed by atoms with Crippen LogP contribution in [-0.4, -0.2) is 6.71 Å². The summed E-state index contributed by atoms with van der Waals surface area (Å²) in [5, 5.41) is 0. The second kappa shape index (κ2) is 29.2. The van der Waals surface area contributed by atoms with Crippen molar-refractivity contribution in [2.24, 2.45) is 57.2 Å². The van der Waals surface area contributed by atoms with E-state index in [4.69, 9.17) is 0 Å². The average molecular weight is 1580 g/mol. The van der Waals surface area contributed by atoms with Gasteiger partial charge in [0, 0.05) is 62.8 Å². The van der Waals surface area contributed by atoms with Crippen LogP contribution in [0.5, 0.6) is 0 Å². The van der Waals surface area contributed by atoms with Crippen molar-refractivity contribution >= 4 is 68.4 Å². The van der Waals surface area contributed by atoms with Gasteiger partial charge in [-0.15, -0.1) is 0 Å². The van der Waals surface area contributed by atoms with Crippen LogP contribution in [0.1, 0.15) is 233 Å². The van der Waals surface area contributed by atoms with Gasteiger partial charge in [-0.1, -0.05) is 365 Å². The lowest BCUT2D eigenvalue weighted by molar-refractivity contribution is 0.239. The summed E-state index contributed by atoms with van der Waals surface area (Å²) < 4.78 is 0. The van der Waals surface area contributed by atoms with E-state index in [1.807, 2.05) is 0 Å². The molecule has 3 saturated carbocycles. The Balaban J connectivity index is 0.918.